The van der Waals surface area contributed by atoms with E-state index in [1.54, 1.807) is 48.5 Å². The summed E-state index contributed by atoms with van der Waals surface area (Å²) in [4.78, 5) is 31.4. The second-order valence-corrected chi connectivity index (χ2v) is 6.47. The molecule has 2 N–H and O–H groups in total. The van der Waals surface area contributed by atoms with Crippen molar-refractivity contribution in [3.05, 3.63) is 80.5 Å². The summed E-state index contributed by atoms with van der Waals surface area (Å²) in [5, 5.41) is 21.1. The van der Waals surface area contributed by atoms with Crippen molar-refractivity contribution in [2.75, 3.05) is 0 Å². The maximum absolute atomic E-state index is 12.1. The van der Waals surface area contributed by atoms with Gasteiger partial charge in [0.25, 0.3) is 5.56 Å². The quantitative estimate of drug-likeness (QED) is 0.412. The highest BCUT2D eigenvalue weighted by molar-refractivity contribution is 8.03. The third-order valence-corrected chi connectivity index (χ3v) is 4.36. The minimum atomic E-state index is -0.739. The van der Waals surface area contributed by atoms with E-state index in [0.29, 0.717) is 11.4 Å². The Morgan fingerprint density at radius 2 is 1.81 bits per heavy atom. The maximum Gasteiger partial charge on any atom is 0.335 e. The smallest absolute Gasteiger partial charge is 0.335 e. The first-order valence-corrected chi connectivity index (χ1v) is 8.66. The predicted molar refractivity (Wildman–Crippen MR) is 104 cm³/mol. The van der Waals surface area contributed by atoms with Gasteiger partial charge in [0.05, 0.1) is 11.4 Å². The third-order valence-electron chi connectivity index (χ3n) is 3.76. The van der Waals surface area contributed by atoms with Crippen molar-refractivity contribution < 1.29 is 5.11 Å². The minimum Gasteiger partial charge on any atom is -0.493 e. The molecule has 0 fully saturated rings. The number of aryl methyl sites for hydroxylation is 1. The number of aromatic amines is 1. The molecule has 0 aliphatic carbocycles. The Kier molecular flexibility index (Phi) is 5.24. The molecular formula is C19H14N4O3S. The number of aliphatic imine (C=N–C) groups is 1. The van der Waals surface area contributed by atoms with Crippen molar-refractivity contribution in [1.29, 1.82) is 5.26 Å². The summed E-state index contributed by atoms with van der Waals surface area (Å²) in [7, 11) is 0. The fourth-order valence-corrected chi connectivity index (χ4v) is 2.76. The van der Waals surface area contributed by atoms with Gasteiger partial charge < -0.3 is 5.11 Å². The zero-order valence-corrected chi connectivity index (χ0v) is 15.0. The molecular weight excluding hydrogens is 364 g/mol. The van der Waals surface area contributed by atoms with E-state index in [-0.39, 0.29) is 5.56 Å². The first-order chi connectivity index (χ1) is 13.0. The number of thioether (sulfide) groups is 1. The number of nitriles is 1. The van der Waals surface area contributed by atoms with Gasteiger partial charge >= 0.3 is 5.69 Å². The van der Waals surface area contributed by atoms with Crippen molar-refractivity contribution in [2.45, 2.75) is 11.8 Å². The third kappa shape index (κ3) is 3.99. The van der Waals surface area contributed by atoms with Gasteiger partial charge in [-0.1, -0.05) is 17.7 Å². The van der Waals surface area contributed by atoms with Crippen LogP contribution in [0.25, 0.3) is 5.69 Å². The minimum absolute atomic E-state index is 0.134. The van der Waals surface area contributed by atoms with Gasteiger partial charge in [0.2, 0.25) is 5.88 Å². The summed E-state index contributed by atoms with van der Waals surface area (Å²) in [6, 6.07) is 13.7. The second kappa shape index (κ2) is 7.76. The average Bonchev–Trinajstić information content (AvgIpc) is 2.64. The molecule has 27 heavy (non-hydrogen) atoms. The molecule has 0 saturated carbocycles. The Morgan fingerprint density at radius 1 is 1.15 bits per heavy atom. The van der Waals surface area contributed by atoms with Crippen LogP contribution < -0.4 is 11.2 Å². The van der Waals surface area contributed by atoms with Gasteiger partial charge in [-0.3, -0.25) is 14.8 Å². The fourth-order valence-electron chi connectivity index (χ4n) is 2.38. The van der Waals surface area contributed by atoms with E-state index in [1.165, 1.54) is 6.21 Å². The lowest BCUT2D eigenvalue weighted by Gasteiger charge is -2.09. The van der Waals surface area contributed by atoms with Crippen LogP contribution in [0.5, 0.6) is 5.88 Å². The lowest BCUT2D eigenvalue weighted by molar-refractivity contribution is 0.430. The Bertz CT molecular complexity index is 1150. The number of nitrogens with one attached hydrogen (secondary N) is 1. The van der Waals surface area contributed by atoms with Gasteiger partial charge in [-0.2, -0.15) is 5.26 Å². The summed E-state index contributed by atoms with van der Waals surface area (Å²) in [5.41, 5.74) is 0.342. The number of rotatable bonds is 4. The molecule has 134 valence electrons. The van der Waals surface area contributed by atoms with E-state index in [2.05, 4.69) is 9.98 Å². The van der Waals surface area contributed by atoms with E-state index in [0.717, 1.165) is 26.8 Å². The van der Waals surface area contributed by atoms with Crippen LogP contribution in [0, 0.1) is 17.6 Å². The zero-order valence-electron chi connectivity index (χ0n) is 14.2. The number of benzene rings is 2. The highest BCUT2D eigenvalue weighted by Crippen LogP contribution is 2.21. The largest absolute Gasteiger partial charge is 0.493 e. The lowest BCUT2D eigenvalue weighted by Crippen LogP contribution is -2.31. The fraction of sp³-hybridized carbons (Fsp3) is 0.0526. The number of hydrogen-bond acceptors (Lipinski definition) is 6. The van der Waals surface area contributed by atoms with Crippen LogP contribution in [0.1, 0.15) is 11.1 Å². The Morgan fingerprint density at radius 3 is 2.44 bits per heavy atom. The highest BCUT2D eigenvalue weighted by atomic mass is 32.2. The number of thiocyanates is 1. The molecule has 0 spiro atoms. The Labute approximate surface area is 158 Å². The molecule has 0 aliphatic heterocycles. The summed E-state index contributed by atoms with van der Waals surface area (Å²) in [5.74, 6) is -0.493. The van der Waals surface area contributed by atoms with Crippen LogP contribution in [-0.4, -0.2) is 20.9 Å². The average molecular weight is 378 g/mol. The molecule has 0 bridgehead atoms. The van der Waals surface area contributed by atoms with Crippen LogP contribution in [0.3, 0.4) is 0 Å². The molecule has 1 aromatic heterocycles. The molecule has 3 aromatic rings. The first-order valence-electron chi connectivity index (χ1n) is 7.85. The van der Waals surface area contributed by atoms with Crippen LogP contribution in [0.4, 0.5) is 5.69 Å². The van der Waals surface area contributed by atoms with Crippen molar-refractivity contribution in [3.8, 4) is 17.0 Å². The van der Waals surface area contributed by atoms with Crippen molar-refractivity contribution in [1.82, 2.24) is 9.55 Å². The number of H-pyrrole nitrogens is 1. The highest BCUT2D eigenvalue weighted by Gasteiger charge is 2.14. The van der Waals surface area contributed by atoms with Crippen molar-refractivity contribution >= 4 is 23.7 Å². The molecule has 0 saturated heterocycles. The van der Waals surface area contributed by atoms with E-state index in [4.69, 9.17) is 5.26 Å². The molecule has 1 heterocycles. The van der Waals surface area contributed by atoms with Crippen LogP contribution in [0.2, 0.25) is 0 Å². The van der Waals surface area contributed by atoms with Crippen LogP contribution in [-0.2, 0) is 0 Å². The topological polar surface area (TPSA) is 111 Å². The van der Waals surface area contributed by atoms with Crippen molar-refractivity contribution in [3.63, 3.8) is 0 Å². The van der Waals surface area contributed by atoms with Gasteiger partial charge in [-0.05, 0) is 55.1 Å². The molecule has 0 aliphatic rings. The van der Waals surface area contributed by atoms with E-state index >= 15 is 0 Å². The number of nitrogens with zero attached hydrogens (tertiary/aromatic N) is 3. The summed E-state index contributed by atoms with van der Waals surface area (Å²) in [6.07, 6.45) is 1.20. The molecule has 3 rings (SSSR count). The summed E-state index contributed by atoms with van der Waals surface area (Å²) >= 11 is 1.03. The number of aromatic nitrogens is 2. The van der Waals surface area contributed by atoms with Gasteiger partial charge in [0.15, 0.2) is 0 Å². The second-order valence-electron chi connectivity index (χ2n) is 5.61. The lowest BCUT2D eigenvalue weighted by atomic mass is 10.2. The van der Waals surface area contributed by atoms with E-state index in [9.17, 15) is 14.7 Å². The van der Waals surface area contributed by atoms with Crippen molar-refractivity contribution in [2.24, 2.45) is 4.99 Å². The summed E-state index contributed by atoms with van der Waals surface area (Å²) < 4.78 is 1.01. The Balaban J connectivity index is 2.02. The Hall–Kier alpha value is -3.57. The van der Waals surface area contributed by atoms with Crippen LogP contribution in [0.15, 0.2) is 68.0 Å². The van der Waals surface area contributed by atoms with Gasteiger partial charge in [0.1, 0.15) is 11.0 Å². The molecule has 0 amide bonds. The number of hydrogen-bond donors (Lipinski definition) is 2. The zero-order chi connectivity index (χ0) is 19.4. The van der Waals surface area contributed by atoms with E-state index < -0.39 is 17.1 Å². The standard InChI is InChI=1S/C19H14N4O3S/c1-12-2-6-14(7-3-12)23-18(25)16(17(24)22-19(23)26)10-21-13-4-8-15(9-5-13)27-11-20/h2-10,25H,1H3,(H,22,24,26). The maximum atomic E-state index is 12.1. The molecule has 8 heteroatoms. The van der Waals surface area contributed by atoms with Gasteiger partial charge in [-0.15, -0.1) is 0 Å². The molecule has 2 aromatic carbocycles. The molecule has 0 unspecified atom stereocenters. The monoisotopic (exact) mass is 378 g/mol. The molecule has 7 nitrogen and oxygen atoms in total. The number of aromatic hydroxyl groups is 1. The van der Waals surface area contributed by atoms with E-state index in [1.807, 2.05) is 12.3 Å². The summed E-state index contributed by atoms with van der Waals surface area (Å²) in [6.45, 7) is 1.90. The molecule has 0 radical (unpaired) electrons. The first kappa shape index (κ1) is 18.2. The SMILES string of the molecule is Cc1ccc(-n2c(O)c(C=Nc3ccc(SC#N)cc3)c(=O)[nH]c2=O)cc1. The predicted octanol–water partition coefficient (Wildman–Crippen LogP) is 2.86. The normalized spacial score (nSPS) is 10.8. The van der Waals surface area contributed by atoms with Gasteiger partial charge in [-0.25, -0.2) is 9.36 Å². The van der Waals surface area contributed by atoms with Gasteiger partial charge in [0, 0.05) is 11.1 Å². The van der Waals surface area contributed by atoms with Crippen LogP contribution >= 0.6 is 11.8 Å². The molecule has 0 atom stereocenters.